The zero-order chi connectivity index (χ0) is 22.8. The Morgan fingerprint density at radius 3 is 2.28 bits per heavy atom. The number of rotatable bonds is 5. The van der Waals surface area contributed by atoms with E-state index in [0.29, 0.717) is 34.6 Å². The van der Waals surface area contributed by atoms with Gasteiger partial charge in [-0.25, -0.2) is 4.79 Å². The van der Waals surface area contributed by atoms with Crippen LogP contribution in [0.15, 0.2) is 71.5 Å². The summed E-state index contributed by atoms with van der Waals surface area (Å²) in [6, 6.07) is 19.2. The minimum atomic E-state index is -0.271. The van der Waals surface area contributed by atoms with Crippen molar-refractivity contribution in [3.63, 3.8) is 0 Å². The Labute approximate surface area is 184 Å². The topological polar surface area (TPSA) is 111 Å². The number of nitrogen functional groups attached to an aromatic ring is 1. The van der Waals surface area contributed by atoms with Gasteiger partial charge in [-0.05, 0) is 48.0 Å². The van der Waals surface area contributed by atoms with Crippen molar-refractivity contribution in [3.05, 3.63) is 93.9 Å². The minimum absolute atomic E-state index is 0.185. The molecule has 0 aliphatic carbocycles. The van der Waals surface area contributed by atoms with Gasteiger partial charge in [0.15, 0.2) is 0 Å². The second kappa shape index (κ2) is 8.43. The van der Waals surface area contributed by atoms with Crippen molar-refractivity contribution in [1.82, 2.24) is 14.5 Å². The molecule has 0 radical (unpaired) electrons. The normalized spacial score (nSPS) is 10.8. The van der Waals surface area contributed by atoms with Crippen LogP contribution < -0.4 is 22.1 Å². The van der Waals surface area contributed by atoms with Crippen LogP contribution in [0.4, 0.5) is 11.4 Å². The molecule has 4 rings (SSSR count). The first-order valence-corrected chi connectivity index (χ1v) is 10.0. The molecule has 0 atom stereocenters. The molecule has 8 nitrogen and oxygen atoms in total. The summed E-state index contributed by atoms with van der Waals surface area (Å²) in [7, 11) is 3.26. The van der Waals surface area contributed by atoms with Crippen LogP contribution in [0.1, 0.15) is 26.3 Å². The lowest BCUT2D eigenvalue weighted by Gasteiger charge is -2.09. The van der Waals surface area contributed by atoms with Crippen LogP contribution in [-0.2, 0) is 13.6 Å². The van der Waals surface area contributed by atoms with Crippen molar-refractivity contribution in [2.24, 2.45) is 7.05 Å². The Kier molecular flexibility index (Phi) is 5.51. The predicted octanol–water partition coefficient (Wildman–Crippen LogP) is 2.58. The Morgan fingerprint density at radius 2 is 1.59 bits per heavy atom. The Balaban J connectivity index is 1.60. The molecule has 3 aromatic carbocycles. The zero-order valence-corrected chi connectivity index (χ0v) is 17.8. The number of carbonyl (C=O) groups excluding carboxylic acids is 2. The number of nitrogens with one attached hydrogen (secondary N) is 2. The third kappa shape index (κ3) is 3.85. The van der Waals surface area contributed by atoms with Crippen LogP contribution in [0.25, 0.3) is 11.0 Å². The van der Waals surface area contributed by atoms with Gasteiger partial charge >= 0.3 is 5.69 Å². The van der Waals surface area contributed by atoms with Gasteiger partial charge in [-0.2, -0.15) is 0 Å². The third-order valence-electron chi connectivity index (χ3n) is 5.40. The van der Waals surface area contributed by atoms with Crippen molar-refractivity contribution in [2.75, 3.05) is 18.1 Å². The fourth-order valence-electron chi connectivity index (χ4n) is 3.60. The molecule has 0 fully saturated rings. The lowest BCUT2D eigenvalue weighted by Crippen LogP contribution is -2.22. The fraction of sp³-hybridized carbons (Fsp3) is 0.125. The molecule has 0 unspecified atom stereocenters. The fourth-order valence-corrected chi connectivity index (χ4v) is 3.60. The molecular weight excluding hydrogens is 406 g/mol. The van der Waals surface area contributed by atoms with Gasteiger partial charge in [0.25, 0.3) is 11.8 Å². The average molecular weight is 429 g/mol. The molecule has 1 aromatic heterocycles. The summed E-state index contributed by atoms with van der Waals surface area (Å²) < 4.78 is 3.16. The van der Waals surface area contributed by atoms with Crippen molar-refractivity contribution in [1.29, 1.82) is 0 Å². The molecule has 162 valence electrons. The highest BCUT2D eigenvalue weighted by atomic mass is 16.2. The summed E-state index contributed by atoms with van der Waals surface area (Å²) >= 11 is 0. The lowest BCUT2D eigenvalue weighted by molar-refractivity contribution is 0.0962. The van der Waals surface area contributed by atoms with E-state index in [4.69, 9.17) is 5.73 Å². The van der Waals surface area contributed by atoms with Gasteiger partial charge in [0, 0.05) is 25.2 Å². The number of benzene rings is 3. The maximum absolute atomic E-state index is 12.8. The van der Waals surface area contributed by atoms with Crippen molar-refractivity contribution in [2.45, 2.75) is 6.54 Å². The molecule has 0 aliphatic rings. The summed E-state index contributed by atoms with van der Waals surface area (Å²) in [5.74, 6) is -0.490. The lowest BCUT2D eigenvalue weighted by atomic mass is 10.1. The number of hydrogen-bond donors (Lipinski definition) is 3. The van der Waals surface area contributed by atoms with Gasteiger partial charge < -0.3 is 16.4 Å². The summed E-state index contributed by atoms with van der Waals surface area (Å²) in [5.41, 5.74) is 9.94. The smallest absolute Gasteiger partial charge is 0.329 e. The van der Waals surface area contributed by atoms with E-state index >= 15 is 0 Å². The molecule has 0 bridgehead atoms. The molecule has 8 heteroatoms. The van der Waals surface area contributed by atoms with E-state index in [9.17, 15) is 14.4 Å². The number of fused-ring (bicyclic) bond motifs is 1. The number of nitrogens with two attached hydrogens (primary N) is 1. The van der Waals surface area contributed by atoms with Crippen molar-refractivity contribution >= 4 is 34.2 Å². The van der Waals surface area contributed by atoms with E-state index in [-0.39, 0.29) is 17.5 Å². The van der Waals surface area contributed by atoms with E-state index in [1.54, 1.807) is 90.0 Å². The van der Waals surface area contributed by atoms with E-state index < -0.39 is 0 Å². The molecular formula is C24H23N5O3. The van der Waals surface area contributed by atoms with E-state index in [1.807, 2.05) is 0 Å². The summed E-state index contributed by atoms with van der Waals surface area (Å²) in [6.07, 6.45) is 0. The molecule has 2 amide bonds. The maximum atomic E-state index is 12.8. The molecule has 32 heavy (non-hydrogen) atoms. The number of aryl methyl sites for hydroxylation is 1. The van der Waals surface area contributed by atoms with Gasteiger partial charge in [0.1, 0.15) is 0 Å². The first-order chi connectivity index (χ1) is 15.4. The molecule has 1 heterocycles. The van der Waals surface area contributed by atoms with Crippen molar-refractivity contribution < 1.29 is 9.59 Å². The first-order valence-electron chi connectivity index (χ1n) is 10.0. The molecule has 0 aliphatic heterocycles. The highest BCUT2D eigenvalue weighted by molar-refractivity contribution is 6.05. The van der Waals surface area contributed by atoms with Gasteiger partial charge in [0.2, 0.25) is 0 Å². The van der Waals surface area contributed by atoms with E-state index in [2.05, 4.69) is 10.6 Å². The van der Waals surface area contributed by atoms with E-state index in [0.717, 1.165) is 11.1 Å². The minimum Gasteiger partial charge on any atom is -0.397 e. The largest absolute Gasteiger partial charge is 0.397 e. The van der Waals surface area contributed by atoms with Crippen LogP contribution in [0.3, 0.4) is 0 Å². The molecule has 4 N–H and O–H groups in total. The van der Waals surface area contributed by atoms with Gasteiger partial charge in [-0.15, -0.1) is 0 Å². The van der Waals surface area contributed by atoms with Crippen molar-refractivity contribution in [3.8, 4) is 0 Å². The van der Waals surface area contributed by atoms with Crippen LogP contribution in [0.5, 0.6) is 0 Å². The number of anilines is 2. The monoisotopic (exact) mass is 429 g/mol. The summed E-state index contributed by atoms with van der Waals surface area (Å²) in [4.78, 5) is 37.4. The summed E-state index contributed by atoms with van der Waals surface area (Å²) in [6.45, 7) is 0.306. The van der Waals surface area contributed by atoms with Gasteiger partial charge in [0.05, 0.1) is 29.0 Å². The summed E-state index contributed by atoms with van der Waals surface area (Å²) in [5, 5.41) is 5.39. The van der Waals surface area contributed by atoms with Crippen LogP contribution in [-0.4, -0.2) is 28.0 Å². The third-order valence-corrected chi connectivity index (χ3v) is 5.40. The SMILES string of the molecule is CNC(=O)c1ccc2c(c1)n(Cc1ccc(C(=O)Nc3ccccc3N)cc1)c(=O)n2C. The van der Waals surface area contributed by atoms with E-state index in [1.165, 1.54) is 0 Å². The first kappa shape index (κ1) is 20.9. The predicted molar refractivity (Wildman–Crippen MR) is 125 cm³/mol. The Bertz CT molecular complexity index is 1380. The number of amides is 2. The zero-order valence-electron chi connectivity index (χ0n) is 17.8. The van der Waals surface area contributed by atoms with Crippen LogP contribution in [0, 0.1) is 0 Å². The maximum Gasteiger partial charge on any atom is 0.329 e. The number of hydrogen-bond acceptors (Lipinski definition) is 4. The highest BCUT2D eigenvalue weighted by Crippen LogP contribution is 2.19. The number of aromatic nitrogens is 2. The Hall–Kier alpha value is -4.33. The highest BCUT2D eigenvalue weighted by Gasteiger charge is 2.14. The molecule has 0 spiro atoms. The molecule has 0 saturated heterocycles. The molecule has 4 aromatic rings. The number of para-hydroxylation sites is 2. The number of imidazole rings is 1. The quantitative estimate of drug-likeness (QED) is 0.424. The second-order valence-electron chi connectivity index (χ2n) is 7.45. The van der Waals surface area contributed by atoms with Gasteiger partial charge in [-0.3, -0.25) is 18.7 Å². The van der Waals surface area contributed by atoms with Crippen LogP contribution in [0.2, 0.25) is 0 Å². The van der Waals surface area contributed by atoms with Gasteiger partial charge in [-0.1, -0.05) is 24.3 Å². The Morgan fingerprint density at radius 1 is 0.906 bits per heavy atom. The average Bonchev–Trinajstić information content (AvgIpc) is 3.04. The molecule has 0 saturated carbocycles. The second-order valence-corrected chi connectivity index (χ2v) is 7.45. The standard InChI is InChI=1S/C24H23N5O3/c1-26-22(30)17-11-12-20-21(13-17)29(24(32)28(20)2)14-15-7-9-16(10-8-15)23(31)27-19-6-4-3-5-18(19)25/h3-13H,14,25H2,1-2H3,(H,26,30)(H,27,31). The number of carbonyl (C=O) groups is 2. The van der Waals surface area contributed by atoms with Crippen LogP contribution >= 0.6 is 0 Å². The number of nitrogens with zero attached hydrogens (tertiary/aromatic N) is 2.